The molecular weight excluding hydrogens is 210 g/mol. The van der Waals surface area contributed by atoms with Gasteiger partial charge in [-0.25, -0.2) is 8.42 Å². The number of sulfonamides is 1. The summed E-state index contributed by atoms with van der Waals surface area (Å²) in [6.07, 6.45) is 6.75. The monoisotopic (exact) mass is 233 g/mol. The van der Waals surface area contributed by atoms with Crippen LogP contribution in [0.5, 0.6) is 0 Å². The average Bonchev–Trinajstić information content (AvgIpc) is 2.54. The molecule has 0 aromatic carbocycles. The smallest absolute Gasteiger partial charge is 0.211 e. The molecule has 0 heterocycles. The fourth-order valence-electron chi connectivity index (χ4n) is 2.20. The molecule has 1 fully saturated rings. The molecule has 90 valence electrons. The van der Waals surface area contributed by atoms with E-state index < -0.39 is 10.0 Å². The number of nitrogens with zero attached hydrogens (tertiary/aromatic N) is 1. The summed E-state index contributed by atoms with van der Waals surface area (Å²) in [5, 5.41) is 0. The van der Waals surface area contributed by atoms with E-state index in [4.69, 9.17) is 0 Å². The molecule has 0 bridgehead atoms. The van der Waals surface area contributed by atoms with E-state index in [1.165, 1.54) is 19.1 Å². The second-order valence-corrected chi connectivity index (χ2v) is 6.93. The molecule has 0 aromatic heterocycles. The zero-order chi connectivity index (χ0) is 11.5. The van der Waals surface area contributed by atoms with Gasteiger partial charge in [0.1, 0.15) is 0 Å². The second kappa shape index (κ2) is 5.30. The van der Waals surface area contributed by atoms with Gasteiger partial charge >= 0.3 is 0 Å². The Morgan fingerprint density at radius 3 is 2.20 bits per heavy atom. The van der Waals surface area contributed by atoms with E-state index in [1.807, 2.05) is 0 Å². The standard InChI is InChI=1S/C11H23NO2S/c1-10(2)8-9-12(15(3,13)14)11-6-4-5-7-11/h10-11H,4-9H2,1-3H3. The summed E-state index contributed by atoms with van der Waals surface area (Å²) in [5.74, 6) is 0.565. The Labute approximate surface area is 93.9 Å². The first kappa shape index (κ1) is 13.0. The van der Waals surface area contributed by atoms with Crippen molar-refractivity contribution in [2.24, 2.45) is 5.92 Å². The third-order valence-electron chi connectivity index (χ3n) is 3.08. The van der Waals surface area contributed by atoms with Gasteiger partial charge in [-0.2, -0.15) is 4.31 Å². The van der Waals surface area contributed by atoms with Crippen molar-refractivity contribution in [3.05, 3.63) is 0 Å². The largest absolute Gasteiger partial charge is 0.212 e. The first-order chi connectivity index (χ1) is 6.91. The molecule has 0 radical (unpaired) electrons. The third kappa shape index (κ3) is 4.11. The van der Waals surface area contributed by atoms with Crippen LogP contribution < -0.4 is 0 Å². The van der Waals surface area contributed by atoms with Gasteiger partial charge in [0.15, 0.2) is 0 Å². The fraction of sp³-hybridized carbons (Fsp3) is 1.00. The molecule has 0 N–H and O–H groups in total. The van der Waals surface area contributed by atoms with Crippen LogP contribution in [-0.2, 0) is 10.0 Å². The summed E-state index contributed by atoms with van der Waals surface area (Å²) in [5.41, 5.74) is 0. The Morgan fingerprint density at radius 2 is 1.80 bits per heavy atom. The van der Waals surface area contributed by atoms with Crippen molar-refractivity contribution < 1.29 is 8.42 Å². The van der Waals surface area contributed by atoms with Crippen molar-refractivity contribution in [1.82, 2.24) is 4.31 Å². The lowest BCUT2D eigenvalue weighted by molar-refractivity contribution is 0.307. The molecule has 15 heavy (non-hydrogen) atoms. The van der Waals surface area contributed by atoms with Crippen LogP contribution in [0, 0.1) is 5.92 Å². The van der Waals surface area contributed by atoms with Crippen LogP contribution in [0.4, 0.5) is 0 Å². The van der Waals surface area contributed by atoms with Crippen LogP contribution in [0.15, 0.2) is 0 Å². The minimum absolute atomic E-state index is 0.277. The topological polar surface area (TPSA) is 37.4 Å². The lowest BCUT2D eigenvalue weighted by Crippen LogP contribution is -2.39. The molecule has 0 aromatic rings. The molecule has 3 nitrogen and oxygen atoms in total. The molecule has 1 saturated carbocycles. The normalized spacial score (nSPS) is 19.3. The summed E-state index contributed by atoms with van der Waals surface area (Å²) in [6, 6.07) is 0.277. The minimum atomic E-state index is -3.01. The van der Waals surface area contributed by atoms with Gasteiger partial charge in [-0.15, -0.1) is 0 Å². The molecule has 0 unspecified atom stereocenters. The van der Waals surface area contributed by atoms with Crippen molar-refractivity contribution in [2.75, 3.05) is 12.8 Å². The van der Waals surface area contributed by atoms with Crippen LogP contribution in [0.3, 0.4) is 0 Å². The second-order valence-electron chi connectivity index (χ2n) is 4.99. The first-order valence-electron chi connectivity index (χ1n) is 5.88. The van der Waals surface area contributed by atoms with Crippen molar-refractivity contribution in [3.8, 4) is 0 Å². The predicted octanol–water partition coefficient (Wildman–Crippen LogP) is 2.24. The molecule has 1 aliphatic carbocycles. The zero-order valence-electron chi connectivity index (χ0n) is 10.1. The highest BCUT2D eigenvalue weighted by molar-refractivity contribution is 7.88. The minimum Gasteiger partial charge on any atom is -0.212 e. The van der Waals surface area contributed by atoms with Crippen LogP contribution in [0.1, 0.15) is 46.0 Å². The Balaban J connectivity index is 2.61. The molecular formula is C11H23NO2S. The quantitative estimate of drug-likeness (QED) is 0.730. The lowest BCUT2D eigenvalue weighted by atomic mass is 10.1. The van der Waals surface area contributed by atoms with Gasteiger partial charge in [0.25, 0.3) is 0 Å². The highest BCUT2D eigenvalue weighted by Crippen LogP contribution is 2.25. The first-order valence-corrected chi connectivity index (χ1v) is 7.73. The lowest BCUT2D eigenvalue weighted by Gasteiger charge is -2.27. The van der Waals surface area contributed by atoms with Gasteiger partial charge in [0.05, 0.1) is 6.26 Å². The summed E-state index contributed by atoms with van der Waals surface area (Å²) in [6.45, 7) is 4.96. The Morgan fingerprint density at radius 1 is 1.27 bits per heavy atom. The van der Waals surface area contributed by atoms with E-state index in [-0.39, 0.29) is 6.04 Å². The SMILES string of the molecule is CC(C)CCN(C1CCCC1)S(C)(=O)=O. The number of hydrogen-bond donors (Lipinski definition) is 0. The molecule has 0 spiro atoms. The van der Waals surface area contributed by atoms with Gasteiger partial charge < -0.3 is 0 Å². The highest BCUT2D eigenvalue weighted by atomic mass is 32.2. The maximum Gasteiger partial charge on any atom is 0.211 e. The molecule has 1 rings (SSSR count). The third-order valence-corrected chi connectivity index (χ3v) is 4.42. The summed E-state index contributed by atoms with van der Waals surface area (Å²) >= 11 is 0. The molecule has 0 atom stereocenters. The maximum atomic E-state index is 11.7. The number of rotatable bonds is 5. The van der Waals surface area contributed by atoms with Gasteiger partial charge in [0, 0.05) is 12.6 Å². The fourth-order valence-corrected chi connectivity index (χ4v) is 3.39. The Hall–Kier alpha value is -0.0900. The Bertz CT molecular complexity index is 279. The zero-order valence-corrected chi connectivity index (χ0v) is 10.9. The summed E-state index contributed by atoms with van der Waals surface area (Å²) in [4.78, 5) is 0. The average molecular weight is 233 g/mol. The van der Waals surface area contributed by atoms with E-state index in [0.717, 1.165) is 19.3 Å². The summed E-state index contributed by atoms with van der Waals surface area (Å²) < 4.78 is 25.0. The van der Waals surface area contributed by atoms with Crippen molar-refractivity contribution in [2.45, 2.75) is 52.0 Å². The van der Waals surface area contributed by atoms with E-state index in [2.05, 4.69) is 13.8 Å². The van der Waals surface area contributed by atoms with Crippen LogP contribution in [0.2, 0.25) is 0 Å². The van der Waals surface area contributed by atoms with Gasteiger partial charge in [-0.05, 0) is 25.2 Å². The van der Waals surface area contributed by atoms with E-state index >= 15 is 0 Å². The van der Waals surface area contributed by atoms with E-state index in [9.17, 15) is 8.42 Å². The van der Waals surface area contributed by atoms with Crippen LogP contribution in [-0.4, -0.2) is 31.6 Å². The maximum absolute atomic E-state index is 11.7. The van der Waals surface area contributed by atoms with Gasteiger partial charge in [-0.3, -0.25) is 0 Å². The molecule has 1 aliphatic rings. The van der Waals surface area contributed by atoms with Crippen LogP contribution >= 0.6 is 0 Å². The Kier molecular flexibility index (Phi) is 4.59. The summed E-state index contributed by atoms with van der Waals surface area (Å²) in [7, 11) is -3.01. The molecule has 0 amide bonds. The molecule has 0 aliphatic heterocycles. The van der Waals surface area contributed by atoms with Crippen molar-refractivity contribution >= 4 is 10.0 Å². The predicted molar refractivity (Wildman–Crippen MR) is 63.3 cm³/mol. The molecule has 4 heteroatoms. The van der Waals surface area contributed by atoms with E-state index in [0.29, 0.717) is 12.5 Å². The van der Waals surface area contributed by atoms with Gasteiger partial charge in [0.2, 0.25) is 10.0 Å². The van der Waals surface area contributed by atoms with Gasteiger partial charge in [-0.1, -0.05) is 26.7 Å². The van der Waals surface area contributed by atoms with E-state index in [1.54, 1.807) is 4.31 Å². The van der Waals surface area contributed by atoms with Crippen molar-refractivity contribution in [3.63, 3.8) is 0 Å². The molecule has 0 saturated heterocycles. The number of hydrogen-bond acceptors (Lipinski definition) is 2. The highest BCUT2D eigenvalue weighted by Gasteiger charge is 2.28. The van der Waals surface area contributed by atoms with Crippen LogP contribution in [0.25, 0.3) is 0 Å². The van der Waals surface area contributed by atoms with Crippen molar-refractivity contribution in [1.29, 1.82) is 0 Å².